The quantitative estimate of drug-likeness (QED) is 0.410. The number of hydrogen-bond acceptors (Lipinski definition) is 5. The second-order valence-corrected chi connectivity index (χ2v) is 8.36. The first kappa shape index (κ1) is 21.5. The van der Waals surface area contributed by atoms with E-state index >= 15 is 0 Å². The van der Waals surface area contributed by atoms with Crippen LogP contribution in [0.1, 0.15) is 37.6 Å². The molecule has 1 aromatic heterocycles. The van der Waals surface area contributed by atoms with Gasteiger partial charge in [0.05, 0.1) is 31.3 Å². The third kappa shape index (κ3) is 4.38. The molecule has 0 radical (unpaired) electrons. The normalized spacial score (nSPS) is 12.5. The molecule has 0 saturated carbocycles. The fourth-order valence-corrected chi connectivity index (χ4v) is 3.77. The Morgan fingerprint density at radius 2 is 1.93 bits per heavy atom. The molecule has 0 spiro atoms. The topological polar surface area (TPSA) is 65.7 Å². The first-order valence-corrected chi connectivity index (χ1v) is 10.7. The number of nitrogens with zero attached hydrogens (tertiary/aromatic N) is 3. The van der Waals surface area contributed by atoms with Crippen molar-refractivity contribution in [2.45, 2.75) is 26.2 Å². The number of ether oxygens (including phenoxy) is 2. The third-order valence-electron chi connectivity index (χ3n) is 4.67. The van der Waals surface area contributed by atoms with Crippen LogP contribution in [0.4, 0.5) is 0 Å². The minimum atomic E-state index is -0.219. The van der Waals surface area contributed by atoms with Gasteiger partial charge in [-0.2, -0.15) is 9.78 Å². The summed E-state index contributed by atoms with van der Waals surface area (Å²) in [5.74, 6) is 1.78. The summed E-state index contributed by atoms with van der Waals surface area (Å²) in [5.41, 5.74) is 1.11. The van der Waals surface area contributed by atoms with E-state index in [0.29, 0.717) is 33.8 Å². The van der Waals surface area contributed by atoms with E-state index in [1.807, 2.05) is 31.2 Å². The molecule has 0 aliphatic carbocycles. The maximum atomic E-state index is 13.2. The Morgan fingerprint density at radius 3 is 2.59 bits per heavy atom. The van der Waals surface area contributed by atoms with Crippen molar-refractivity contribution in [2.24, 2.45) is 5.10 Å². The lowest BCUT2D eigenvalue weighted by Crippen LogP contribution is -2.23. The molecule has 152 valence electrons. The number of hydrogen-bond donors (Lipinski definition) is 0. The minimum Gasteiger partial charge on any atom is -0.493 e. The number of fused-ring (bicyclic) bond motifs is 1. The largest absolute Gasteiger partial charge is 0.493 e. The molecule has 0 N–H and O–H groups in total. The smallest absolute Gasteiger partial charge is 0.282 e. The lowest BCUT2D eigenvalue weighted by atomic mass is 10.1. The summed E-state index contributed by atoms with van der Waals surface area (Å²) in [5, 5.41) is 5.00. The van der Waals surface area contributed by atoms with Crippen molar-refractivity contribution in [3.8, 4) is 11.5 Å². The molecule has 2 aromatic carbocycles. The molecule has 0 amide bonds. The molecular formula is C21H21Br2N3O3. The molecule has 1 heterocycles. The molecule has 0 bridgehead atoms. The summed E-state index contributed by atoms with van der Waals surface area (Å²) < 4.78 is 13.9. The van der Waals surface area contributed by atoms with Gasteiger partial charge in [-0.3, -0.25) is 4.79 Å². The van der Waals surface area contributed by atoms with Gasteiger partial charge in [0.15, 0.2) is 11.5 Å². The molecule has 3 rings (SSSR count). The molecule has 8 heteroatoms. The summed E-state index contributed by atoms with van der Waals surface area (Å²) in [7, 11) is 3.14. The van der Waals surface area contributed by atoms with Gasteiger partial charge in [0, 0.05) is 20.4 Å². The summed E-state index contributed by atoms with van der Waals surface area (Å²) >= 11 is 6.88. The first-order chi connectivity index (χ1) is 13.9. The van der Waals surface area contributed by atoms with Gasteiger partial charge >= 0.3 is 0 Å². The molecule has 0 aliphatic rings. The maximum Gasteiger partial charge on any atom is 0.282 e. The van der Waals surface area contributed by atoms with Crippen molar-refractivity contribution >= 4 is 49.0 Å². The van der Waals surface area contributed by atoms with Crippen molar-refractivity contribution in [2.75, 3.05) is 14.2 Å². The molecule has 0 saturated heterocycles. The van der Waals surface area contributed by atoms with E-state index in [-0.39, 0.29) is 11.5 Å². The Hall–Kier alpha value is -2.19. The zero-order chi connectivity index (χ0) is 21.1. The molecule has 1 atom stereocenters. The minimum absolute atomic E-state index is 0.0619. The highest BCUT2D eigenvalue weighted by Gasteiger charge is 2.16. The molecular weight excluding hydrogens is 502 g/mol. The van der Waals surface area contributed by atoms with Gasteiger partial charge in [0.25, 0.3) is 5.56 Å². The fourth-order valence-electron chi connectivity index (χ4n) is 2.95. The summed E-state index contributed by atoms with van der Waals surface area (Å²) in [4.78, 5) is 17.9. The van der Waals surface area contributed by atoms with E-state index in [2.05, 4.69) is 43.9 Å². The standard InChI is InChI=1S/C21H21Br2N3O3/c1-5-12(2)20-25-17-7-6-14(22)9-16(17)21(27)26(20)24-11-13-8-15(23)10-18(28-3)19(13)29-4/h6-12H,5H2,1-4H3/t12-/m1/s1. The SMILES string of the molecule is CC[C@@H](C)c1nc2ccc(Br)cc2c(=O)n1N=Cc1cc(Br)cc(OC)c1OC. The fraction of sp³-hybridized carbons (Fsp3) is 0.286. The van der Waals surface area contributed by atoms with Crippen molar-refractivity contribution in [3.63, 3.8) is 0 Å². The summed E-state index contributed by atoms with van der Waals surface area (Å²) in [6, 6.07) is 9.13. The third-order valence-corrected chi connectivity index (χ3v) is 5.62. The number of halogens is 2. The highest BCUT2D eigenvalue weighted by Crippen LogP contribution is 2.33. The Bertz CT molecular complexity index is 1140. The number of aromatic nitrogens is 2. The Morgan fingerprint density at radius 1 is 1.17 bits per heavy atom. The summed E-state index contributed by atoms with van der Waals surface area (Å²) in [6.45, 7) is 4.08. The van der Waals surface area contributed by atoms with Gasteiger partial charge in [-0.25, -0.2) is 4.98 Å². The Labute approximate surface area is 185 Å². The van der Waals surface area contributed by atoms with Crippen LogP contribution in [0.25, 0.3) is 10.9 Å². The van der Waals surface area contributed by atoms with Crippen LogP contribution < -0.4 is 15.0 Å². The molecule has 29 heavy (non-hydrogen) atoms. The number of rotatable bonds is 6. The van der Waals surface area contributed by atoms with Crippen molar-refractivity contribution in [1.82, 2.24) is 9.66 Å². The molecule has 0 fully saturated rings. The van der Waals surface area contributed by atoms with Crippen molar-refractivity contribution < 1.29 is 9.47 Å². The van der Waals surface area contributed by atoms with Crippen LogP contribution in [-0.4, -0.2) is 30.1 Å². The van der Waals surface area contributed by atoms with Gasteiger partial charge in [-0.05, 0) is 36.8 Å². The van der Waals surface area contributed by atoms with Gasteiger partial charge in [-0.15, -0.1) is 0 Å². The molecule has 3 aromatic rings. The van der Waals surface area contributed by atoms with Gasteiger partial charge < -0.3 is 9.47 Å². The second-order valence-electron chi connectivity index (χ2n) is 6.53. The van der Waals surface area contributed by atoms with Crippen LogP contribution in [-0.2, 0) is 0 Å². The lowest BCUT2D eigenvalue weighted by molar-refractivity contribution is 0.354. The highest BCUT2D eigenvalue weighted by atomic mass is 79.9. The molecule has 0 unspecified atom stereocenters. The second kappa shape index (κ2) is 9.09. The first-order valence-electron chi connectivity index (χ1n) is 9.07. The van der Waals surface area contributed by atoms with E-state index < -0.39 is 0 Å². The lowest BCUT2D eigenvalue weighted by Gasteiger charge is -2.14. The molecule has 0 aliphatic heterocycles. The van der Waals surface area contributed by atoms with E-state index in [1.165, 1.54) is 4.68 Å². The van der Waals surface area contributed by atoms with Gasteiger partial charge in [0.1, 0.15) is 5.82 Å². The highest BCUT2D eigenvalue weighted by molar-refractivity contribution is 9.10. The average Bonchev–Trinajstić information content (AvgIpc) is 2.72. The average molecular weight is 523 g/mol. The van der Waals surface area contributed by atoms with Gasteiger partial charge in [-0.1, -0.05) is 45.7 Å². The Kier molecular flexibility index (Phi) is 6.74. The molecule has 6 nitrogen and oxygen atoms in total. The Balaban J connectivity index is 2.23. The van der Waals surface area contributed by atoms with Crippen molar-refractivity contribution in [1.29, 1.82) is 0 Å². The zero-order valence-corrected chi connectivity index (χ0v) is 19.7. The number of methoxy groups -OCH3 is 2. The van der Waals surface area contributed by atoms with E-state index in [0.717, 1.165) is 15.4 Å². The maximum absolute atomic E-state index is 13.2. The van der Waals surface area contributed by atoms with E-state index in [9.17, 15) is 4.79 Å². The van der Waals surface area contributed by atoms with Crippen LogP contribution >= 0.6 is 31.9 Å². The van der Waals surface area contributed by atoms with Crippen molar-refractivity contribution in [3.05, 3.63) is 61.0 Å². The summed E-state index contributed by atoms with van der Waals surface area (Å²) in [6.07, 6.45) is 2.42. The van der Waals surface area contributed by atoms with E-state index in [1.54, 1.807) is 26.5 Å². The van der Waals surface area contributed by atoms with Crippen LogP contribution in [0.5, 0.6) is 11.5 Å². The van der Waals surface area contributed by atoms with Crippen LogP contribution in [0, 0.1) is 0 Å². The van der Waals surface area contributed by atoms with Crippen LogP contribution in [0.3, 0.4) is 0 Å². The zero-order valence-electron chi connectivity index (χ0n) is 16.6. The van der Waals surface area contributed by atoms with E-state index in [4.69, 9.17) is 14.5 Å². The van der Waals surface area contributed by atoms with Crippen LogP contribution in [0.2, 0.25) is 0 Å². The predicted molar refractivity (Wildman–Crippen MR) is 123 cm³/mol. The number of benzene rings is 2. The van der Waals surface area contributed by atoms with Gasteiger partial charge in [0.2, 0.25) is 0 Å². The monoisotopic (exact) mass is 521 g/mol. The predicted octanol–water partition coefficient (Wildman–Crippen LogP) is 5.33. The van der Waals surface area contributed by atoms with Crippen LogP contribution in [0.15, 0.2) is 49.2 Å².